The van der Waals surface area contributed by atoms with Crippen LogP contribution in [0.15, 0.2) is 30.3 Å². The molecule has 0 aliphatic carbocycles. The lowest BCUT2D eigenvalue weighted by Crippen LogP contribution is -2.35. The highest BCUT2D eigenvalue weighted by Crippen LogP contribution is 2.26. The van der Waals surface area contributed by atoms with Crippen LogP contribution in [0, 0.1) is 11.3 Å². The molecule has 0 saturated heterocycles. The standard InChI is InChI=1S/C16H27N/c1-6-15(14-10-8-7-9-11-14)17-12-16(4,5)13(2)3/h7-11,13,15,17H,6,12H2,1-5H3. The Kier molecular flexibility index (Phi) is 5.20. The summed E-state index contributed by atoms with van der Waals surface area (Å²) in [4.78, 5) is 0. The predicted molar refractivity (Wildman–Crippen MR) is 76.1 cm³/mol. The highest BCUT2D eigenvalue weighted by Gasteiger charge is 2.23. The Balaban J connectivity index is 2.60. The molecule has 1 aromatic carbocycles. The molecule has 1 nitrogen and oxygen atoms in total. The Hall–Kier alpha value is -0.820. The van der Waals surface area contributed by atoms with Crippen molar-refractivity contribution >= 4 is 0 Å². The molecule has 0 bridgehead atoms. The molecular formula is C16H27N. The molecule has 1 atom stereocenters. The van der Waals surface area contributed by atoms with E-state index in [9.17, 15) is 0 Å². The molecule has 0 saturated carbocycles. The molecular weight excluding hydrogens is 206 g/mol. The van der Waals surface area contributed by atoms with Crippen LogP contribution in [-0.4, -0.2) is 6.54 Å². The molecule has 0 fully saturated rings. The monoisotopic (exact) mass is 233 g/mol. The zero-order valence-corrected chi connectivity index (χ0v) is 12.0. The maximum atomic E-state index is 3.71. The fourth-order valence-corrected chi connectivity index (χ4v) is 1.77. The van der Waals surface area contributed by atoms with Gasteiger partial charge in [0.2, 0.25) is 0 Å². The van der Waals surface area contributed by atoms with Crippen LogP contribution in [0.4, 0.5) is 0 Å². The van der Waals surface area contributed by atoms with E-state index in [4.69, 9.17) is 0 Å². The molecule has 1 rings (SSSR count). The van der Waals surface area contributed by atoms with Gasteiger partial charge in [-0.15, -0.1) is 0 Å². The van der Waals surface area contributed by atoms with Gasteiger partial charge in [0.15, 0.2) is 0 Å². The summed E-state index contributed by atoms with van der Waals surface area (Å²) in [5, 5.41) is 3.71. The maximum Gasteiger partial charge on any atom is 0.0317 e. The number of hydrogen-bond acceptors (Lipinski definition) is 1. The average Bonchev–Trinajstić information content (AvgIpc) is 2.31. The second-order valence-corrected chi connectivity index (χ2v) is 5.90. The van der Waals surface area contributed by atoms with Crippen molar-refractivity contribution in [3.63, 3.8) is 0 Å². The molecule has 0 spiro atoms. The smallest absolute Gasteiger partial charge is 0.0317 e. The lowest BCUT2D eigenvalue weighted by atomic mass is 9.81. The number of rotatable bonds is 6. The van der Waals surface area contributed by atoms with E-state index < -0.39 is 0 Å². The van der Waals surface area contributed by atoms with Crippen LogP contribution in [-0.2, 0) is 0 Å². The normalized spacial score (nSPS) is 14.0. The van der Waals surface area contributed by atoms with E-state index in [2.05, 4.69) is 70.3 Å². The molecule has 1 N–H and O–H groups in total. The van der Waals surface area contributed by atoms with Crippen molar-refractivity contribution in [2.75, 3.05) is 6.54 Å². The second-order valence-electron chi connectivity index (χ2n) is 5.90. The maximum absolute atomic E-state index is 3.71. The van der Waals surface area contributed by atoms with Gasteiger partial charge in [0.25, 0.3) is 0 Å². The fraction of sp³-hybridized carbons (Fsp3) is 0.625. The van der Waals surface area contributed by atoms with Crippen LogP contribution in [0.1, 0.15) is 52.6 Å². The summed E-state index contributed by atoms with van der Waals surface area (Å²) < 4.78 is 0. The Morgan fingerprint density at radius 1 is 1.12 bits per heavy atom. The Bertz CT molecular complexity index is 314. The average molecular weight is 233 g/mol. The Morgan fingerprint density at radius 3 is 2.18 bits per heavy atom. The molecule has 0 amide bonds. The second kappa shape index (κ2) is 6.20. The lowest BCUT2D eigenvalue weighted by Gasteiger charge is -2.32. The van der Waals surface area contributed by atoms with Crippen LogP contribution in [0.3, 0.4) is 0 Å². The number of benzene rings is 1. The quantitative estimate of drug-likeness (QED) is 0.767. The summed E-state index contributed by atoms with van der Waals surface area (Å²) in [5.41, 5.74) is 1.75. The number of nitrogens with one attached hydrogen (secondary N) is 1. The zero-order valence-electron chi connectivity index (χ0n) is 12.0. The third-order valence-corrected chi connectivity index (χ3v) is 3.98. The first-order valence-electron chi connectivity index (χ1n) is 6.75. The molecule has 17 heavy (non-hydrogen) atoms. The molecule has 0 radical (unpaired) electrons. The highest BCUT2D eigenvalue weighted by atomic mass is 14.9. The Labute approximate surface area is 107 Å². The van der Waals surface area contributed by atoms with Crippen LogP contribution >= 0.6 is 0 Å². The van der Waals surface area contributed by atoms with E-state index in [1.807, 2.05) is 0 Å². The largest absolute Gasteiger partial charge is 0.309 e. The van der Waals surface area contributed by atoms with Gasteiger partial charge in [-0.2, -0.15) is 0 Å². The minimum Gasteiger partial charge on any atom is -0.309 e. The van der Waals surface area contributed by atoms with E-state index in [0.717, 1.165) is 13.0 Å². The van der Waals surface area contributed by atoms with Crippen molar-refractivity contribution in [3.05, 3.63) is 35.9 Å². The molecule has 0 aliphatic heterocycles. The molecule has 1 aromatic rings. The summed E-state index contributed by atoms with van der Waals surface area (Å²) in [6.07, 6.45) is 1.14. The SMILES string of the molecule is CCC(NCC(C)(C)C(C)C)c1ccccc1. The van der Waals surface area contributed by atoms with Gasteiger partial charge in [-0.05, 0) is 23.3 Å². The van der Waals surface area contributed by atoms with Crippen LogP contribution in [0.25, 0.3) is 0 Å². The topological polar surface area (TPSA) is 12.0 Å². The number of hydrogen-bond donors (Lipinski definition) is 1. The molecule has 1 unspecified atom stereocenters. The molecule has 96 valence electrons. The summed E-state index contributed by atoms with van der Waals surface area (Å²) in [6.45, 7) is 12.6. The summed E-state index contributed by atoms with van der Waals surface area (Å²) in [5.74, 6) is 0.697. The van der Waals surface area contributed by atoms with Crippen molar-refractivity contribution < 1.29 is 0 Å². The van der Waals surface area contributed by atoms with Crippen molar-refractivity contribution in [1.82, 2.24) is 5.32 Å². The van der Waals surface area contributed by atoms with Crippen molar-refractivity contribution in [3.8, 4) is 0 Å². The van der Waals surface area contributed by atoms with Gasteiger partial charge >= 0.3 is 0 Å². The third-order valence-electron chi connectivity index (χ3n) is 3.98. The molecule has 0 heterocycles. The van der Waals surface area contributed by atoms with Gasteiger partial charge in [0.1, 0.15) is 0 Å². The summed E-state index contributed by atoms with van der Waals surface area (Å²) in [6, 6.07) is 11.2. The van der Waals surface area contributed by atoms with E-state index in [-0.39, 0.29) is 0 Å². The van der Waals surface area contributed by atoms with Gasteiger partial charge in [-0.1, -0.05) is 65.0 Å². The molecule has 0 aliphatic rings. The van der Waals surface area contributed by atoms with E-state index in [1.54, 1.807) is 0 Å². The van der Waals surface area contributed by atoms with E-state index >= 15 is 0 Å². The zero-order chi connectivity index (χ0) is 12.9. The van der Waals surface area contributed by atoms with Gasteiger partial charge in [0.05, 0.1) is 0 Å². The predicted octanol–water partition coefficient (Wildman–Crippen LogP) is 4.41. The van der Waals surface area contributed by atoms with Crippen molar-refractivity contribution in [1.29, 1.82) is 0 Å². The minimum absolute atomic E-state index is 0.349. The van der Waals surface area contributed by atoms with Crippen LogP contribution in [0.2, 0.25) is 0 Å². The first-order valence-corrected chi connectivity index (χ1v) is 6.75. The van der Waals surface area contributed by atoms with Crippen LogP contribution < -0.4 is 5.32 Å². The van der Waals surface area contributed by atoms with Crippen molar-refractivity contribution in [2.45, 2.75) is 47.1 Å². The molecule has 0 aromatic heterocycles. The minimum atomic E-state index is 0.349. The summed E-state index contributed by atoms with van der Waals surface area (Å²) >= 11 is 0. The third kappa shape index (κ3) is 4.16. The lowest BCUT2D eigenvalue weighted by molar-refractivity contribution is 0.227. The van der Waals surface area contributed by atoms with Crippen LogP contribution in [0.5, 0.6) is 0 Å². The first-order chi connectivity index (χ1) is 7.97. The van der Waals surface area contributed by atoms with Gasteiger partial charge < -0.3 is 5.32 Å². The van der Waals surface area contributed by atoms with Crippen molar-refractivity contribution in [2.24, 2.45) is 11.3 Å². The molecule has 1 heteroatoms. The summed E-state index contributed by atoms with van der Waals surface area (Å²) in [7, 11) is 0. The highest BCUT2D eigenvalue weighted by molar-refractivity contribution is 5.18. The van der Waals surface area contributed by atoms with Gasteiger partial charge in [-0.3, -0.25) is 0 Å². The first kappa shape index (κ1) is 14.2. The van der Waals surface area contributed by atoms with Gasteiger partial charge in [0, 0.05) is 12.6 Å². The fourth-order valence-electron chi connectivity index (χ4n) is 1.77. The van der Waals surface area contributed by atoms with E-state index in [0.29, 0.717) is 17.4 Å². The van der Waals surface area contributed by atoms with E-state index in [1.165, 1.54) is 5.56 Å². The van der Waals surface area contributed by atoms with Gasteiger partial charge in [-0.25, -0.2) is 0 Å². The Morgan fingerprint density at radius 2 is 1.71 bits per heavy atom.